The fourth-order valence-electron chi connectivity index (χ4n) is 9.32. The number of aryl methyl sites for hydroxylation is 1. The third-order valence-corrected chi connectivity index (χ3v) is 14.7. The molecule has 0 aromatic heterocycles. The predicted octanol–water partition coefficient (Wildman–Crippen LogP) is 11.2. The van der Waals surface area contributed by atoms with Crippen molar-refractivity contribution >= 4 is 27.7 Å². The standard InChI is InChI=1S/C40H48F9NO6S2/c1-3-50(26-16-22-57-58-24-26)35(51)56-28-8-6-27(7-9-28)52-20-21-53-29-10-12-30-25(23-29)5-11-32-31(30)15-17-36(2)33(32)13-14-34(36)54-18-4-19-55-37(38(41,42)43,39(44,45)46)40(47,48)49/h6-10,12,23,26,31-34H,3-5,11,13-22,24H2,1-2H3/t26?,31-,32-,33+,34+,36+/m1/s1/i1D. The molecule has 4 aliphatic rings. The van der Waals surface area contributed by atoms with E-state index >= 15 is 0 Å². The molecular formula is C40H48F9NO6S2. The van der Waals surface area contributed by atoms with E-state index in [9.17, 15) is 44.3 Å². The number of carbonyl (C=O) groups excluding carboxylic acids is 1. The molecule has 58 heavy (non-hydrogen) atoms. The van der Waals surface area contributed by atoms with Crippen LogP contribution >= 0.6 is 21.6 Å². The number of halogens is 9. The van der Waals surface area contributed by atoms with E-state index in [1.54, 1.807) is 50.8 Å². The number of carbonyl (C=O) groups is 1. The summed E-state index contributed by atoms with van der Waals surface area (Å²) < 4.78 is 153. The number of fused-ring (bicyclic) bond motifs is 5. The Morgan fingerprint density at radius 3 is 2.16 bits per heavy atom. The number of ether oxygens (including phenoxy) is 5. The molecule has 1 amide bonds. The van der Waals surface area contributed by atoms with E-state index < -0.39 is 43.3 Å². The van der Waals surface area contributed by atoms with Crippen molar-refractivity contribution in [3.63, 3.8) is 0 Å². The lowest BCUT2D eigenvalue weighted by atomic mass is 9.55. The first-order chi connectivity index (χ1) is 27.9. The average Bonchev–Trinajstić information content (AvgIpc) is 3.52. The van der Waals surface area contributed by atoms with Gasteiger partial charge in [0, 0.05) is 32.1 Å². The van der Waals surface area contributed by atoms with Crippen molar-refractivity contribution in [2.45, 2.75) is 107 Å². The van der Waals surface area contributed by atoms with E-state index in [-0.39, 0.29) is 43.6 Å². The minimum atomic E-state index is -6.76. The molecule has 0 N–H and O–H groups in total. The van der Waals surface area contributed by atoms with Crippen molar-refractivity contribution in [1.29, 1.82) is 0 Å². The monoisotopic (exact) mass is 874 g/mol. The van der Waals surface area contributed by atoms with Gasteiger partial charge in [-0.2, -0.15) is 39.5 Å². The first-order valence-electron chi connectivity index (χ1n) is 20.1. The fraction of sp³-hybridized carbons (Fsp3) is 0.675. The van der Waals surface area contributed by atoms with Crippen molar-refractivity contribution < 1.29 is 69.4 Å². The van der Waals surface area contributed by atoms with Crippen molar-refractivity contribution in [2.24, 2.45) is 17.3 Å². The van der Waals surface area contributed by atoms with Crippen LogP contribution in [0.2, 0.25) is 0 Å². The molecule has 3 aliphatic carbocycles. The van der Waals surface area contributed by atoms with E-state index in [1.807, 2.05) is 6.07 Å². The number of alkyl halides is 9. The minimum absolute atomic E-state index is 0.0499. The van der Waals surface area contributed by atoms with Crippen molar-refractivity contribution in [2.75, 3.05) is 44.5 Å². The quantitative estimate of drug-likeness (QED) is 0.106. The smallest absolute Gasteiger partial charge is 0.435 e. The van der Waals surface area contributed by atoms with Crippen LogP contribution in [0.15, 0.2) is 42.5 Å². The Kier molecular flexibility index (Phi) is 13.5. The Balaban J connectivity index is 0.949. The van der Waals surface area contributed by atoms with Crippen LogP contribution in [0, 0.1) is 17.3 Å². The molecular weight excluding hydrogens is 826 g/mol. The van der Waals surface area contributed by atoms with E-state index in [1.165, 1.54) is 11.1 Å². The maximum Gasteiger partial charge on any atom is 0.435 e. The van der Waals surface area contributed by atoms with E-state index in [0.29, 0.717) is 42.9 Å². The zero-order chi connectivity index (χ0) is 42.6. The molecule has 324 valence electrons. The number of nitrogens with zero attached hydrogens (tertiary/aromatic N) is 1. The van der Waals surface area contributed by atoms with Gasteiger partial charge in [-0.05, 0) is 129 Å². The maximum atomic E-state index is 13.2. The Labute approximate surface area is 341 Å². The molecule has 0 bridgehead atoms. The molecule has 18 heteroatoms. The summed E-state index contributed by atoms with van der Waals surface area (Å²) in [5.74, 6) is 4.36. The Hall–Kier alpha value is -2.70. The van der Waals surface area contributed by atoms with Crippen LogP contribution in [-0.4, -0.2) is 91.7 Å². The topological polar surface area (TPSA) is 66.5 Å². The van der Waals surface area contributed by atoms with Crippen molar-refractivity contribution in [1.82, 2.24) is 4.90 Å². The largest absolute Gasteiger partial charge is 0.490 e. The summed E-state index contributed by atoms with van der Waals surface area (Å²) in [4.78, 5) is 14.5. The van der Waals surface area contributed by atoms with Crippen LogP contribution in [0.1, 0.15) is 77.2 Å². The Morgan fingerprint density at radius 1 is 0.828 bits per heavy atom. The van der Waals surface area contributed by atoms with E-state index in [4.69, 9.17) is 20.3 Å². The molecule has 1 saturated heterocycles. The highest BCUT2D eigenvalue weighted by molar-refractivity contribution is 8.76. The predicted molar refractivity (Wildman–Crippen MR) is 201 cm³/mol. The van der Waals surface area contributed by atoms with E-state index in [0.717, 1.165) is 55.8 Å². The van der Waals surface area contributed by atoms with Crippen molar-refractivity contribution in [3.05, 3.63) is 53.6 Å². The molecule has 1 aliphatic heterocycles. The molecule has 2 saturated carbocycles. The van der Waals surface area contributed by atoms with Crippen LogP contribution in [-0.2, 0) is 15.9 Å². The highest BCUT2D eigenvalue weighted by Gasteiger charge is 2.85. The molecule has 0 spiro atoms. The second kappa shape index (κ2) is 18.1. The van der Waals surface area contributed by atoms with Gasteiger partial charge in [0.2, 0.25) is 0 Å². The normalized spacial score (nSPS) is 26.5. The van der Waals surface area contributed by atoms with Gasteiger partial charge >= 0.3 is 30.2 Å². The number of amides is 1. The number of benzene rings is 2. The third kappa shape index (κ3) is 9.29. The van der Waals surface area contributed by atoms with Gasteiger partial charge in [-0.1, -0.05) is 34.6 Å². The third-order valence-electron chi connectivity index (χ3n) is 12.2. The van der Waals surface area contributed by atoms with E-state index in [2.05, 4.69) is 23.8 Å². The molecule has 6 rings (SSSR count). The second-order valence-corrected chi connectivity index (χ2v) is 18.0. The van der Waals surface area contributed by atoms with Gasteiger partial charge in [-0.3, -0.25) is 0 Å². The van der Waals surface area contributed by atoms with Crippen LogP contribution in [0.25, 0.3) is 0 Å². The van der Waals surface area contributed by atoms with Gasteiger partial charge in [0.05, 0.1) is 12.7 Å². The molecule has 1 unspecified atom stereocenters. The Bertz CT molecular complexity index is 1680. The summed E-state index contributed by atoms with van der Waals surface area (Å²) in [5, 5.41) is 0. The minimum Gasteiger partial charge on any atom is -0.490 e. The van der Waals surface area contributed by atoms with Crippen molar-refractivity contribution in [3.8, 4) is 17.2 Å². The molecule has 2 aromatic rings. The number of hydrogen-bond acceptors (Lipinski definition) is 8. The molecule has 2 aromatic carbocycles. The van der Waals surface area contributed by atoms with Gasteiger partial charge in [0.1, 0.15) is 30.5 Å². The number of rotatable bonds is 14. The second-order valence-electron chi connectivity index (χ2n) is 15.4. The first kappa shape index (κ1) is 43.4. The fourth-order valence-corrected chi connectivity index (χ4v) is 11.8. The average molecular weight is 875 g/mol. The SMILES string of the molecule is [2H]CCN(C(=O)Oc1ccc(OCCOc2ccc3c(c2)CC[C@@H]2[C@@H]3CC[C@]3(C)[C@@H](OCCCOC(C(F)(F)F)(C(F)(F)F)C(F)(F)F)CC[C@@H]23)cc1)C1CCSSC1. The molecule has 7 nitrogen and oxygen atoms in total. The first-order valence-corrected chi connectivity index (χ1v) is 21.8. The van der Waals surface area contributed by atoms with Gasteiger partial charge in [-0.25, -0.2) is 4.79 Å². The number of hydrogen-bond donors (Lipinski definition) is 0. The zero-order valence-corrected chi connectivity index (χ0v) is 33.5. The molecule has 6 atom stereocenters. The van der Waals surface area contributed by atoms with Gasteiger partial charge < -0.3 is 28.6 Å². The van der Waals surface area contributed by atoms with Crippen LogP contribution < -0.4 is 14.2 Å². The molecule has 3 fully saturated rings. The zero-order valence-electron chi connectivity index (χ0n) is 32.9. The van der Waals surface area contributed by atoms with Crippen LogP contribution in [0.3, 0.4) is 0 Å². The lowest BCUT2D eigenvalue weighted by Gasteiger charge is -2.50. The lowest BCUT2D eigenvalue weighted by Crippen LogP contribution is -2.67. The van der Waals surface area contributed by atoms with Crippen LogP contribution in [0.4, 0.5) is 44.3 Å². The highest BCUT2D eigenvalue weighted by Crippen LogP contribution is 2.62. The summed E-state index contributed by atoms with van der Waals surface area (Å²) in [5.41, 5.74) is -4.10. The molecule has 0 radical (unpaired) electrons. The van der Waals surface area contributed by atoms with Gasteiger partial charge in [0.25, 0.3) is 0 Å². The summed E-state index contributed by atoms with van der Waals surface area (Å²) in [6, 6.07) is 12.9. The molecule has 1 heterocycles. The highest BCUT2D eigenvalue weighted by atomic mass is 33.1. The van der Waals surface area contributed by atoms with Crippen LogP contribution in [0.5, 0.6) is 17.2 Å². The Morgan fingerprint density at radius 2 is 1.50 bits per heavy atom. The van der Waals surface area contributed by atoms with Gasteiger partial charge in [0.15, 0.2) is 0 Å². The summed E-state index contributed by atoms with van der Waals surface area (Å²) in [6.45, 7) is 1.31. The summed E-state index contributed by atoms with van der Waals surface area (Å²) in [6.07, 6.45) is -15.9. The lowest BCUT2D eigenvalue weighted by molar-refractivity contribution is -0.457. The van der Waals surface area contributed by atoms with Gasteiger partial charge in [-0.15, -0.1) is 0 Å². The maximum absolute atomic E-state index is 13.2. The summed E-state index contributed by atoms with van der Waals surface area (Å²) in [7, 11) is 3.51. The summed E-state index contributed by atoms with van der Waals surface area (Å²) >= 11 is 0.